The number of anilines is 1. The largest absolute Gasteiger partial charge is 0.396 e. The number of nitrogens with one attached hydrogen (secondary N) is 1. The summed E-state index contributed by atoms with van der Waals surface area (Å²) < 4.78 is 0. The van der Waals surface area contributed by atoms with Crippen molar-refractivity contribution in [2.45, 2.75) is 46.1 Å². The van der Waals surface area contributed by atoms with E-state index in [1.165, 1.54) is 0 Å². The SMILES string of the molecule is Cc1cnc(NC2CCCC2(C)CO)nc1C. The molecule has 0 aliphatic heterocycles. The van der Waals surface area contributed by atoms with Gasteiger partial charge in [0.1, 0.15) is 0 Å². The van der Waals surface area contributed by atoms with Crippen molar-refractivity contribution in [3.05, 3.63) is 17.5 Å². The maximum Gasteiger partial charge on any atom is 0.223 e. The van der Waals surface area contributed by atoms with E-state index >= 15 is 0 Å². The van der Waals surface area contributed by atoms with Gasteiger partial charge >= 0.3 is 0 Å². The zero-order valence-corrected chi connectivity index (χ0v) is 10.8. The van der Waals surface area contributed by atoms with Crippen LogP contribution in [0.1, 0.15) is 37.4 Å². The summed E-state index contributed by atoms with van der Waals surface area (Å²) in [4.78, 5) is 8.73. The number of rotatable bonds is 3. The lowest BCUT2D eigenvalue weighted by Gasteiger charge is -2.30. The summed E-state index contributed by atoms with van der Waals surface area (Å²) in [5.74, 6) is 0.680. The Morgan fingerprint density at radius 2 is 2.29 bits per heavy atom. The van der Waals surface area contributed by atoms with Crippen LogP contribution in [0, 0.1) is 19.3 Å². The molecule has 1 saturated carbocycles. The number of hydrogen-bond donors (Lipinski definition) is 2. The lowest BCUT2D eigenvalue weighted by molar-refractivity contribution is 0.138. The van der Waals surface area contributed by atoms with Crippen LogP contribution in [-0.4, -0.2) is 27.7 Å². The number of aromatic nitrogens is 2. The second-order valence-corrected chi connectivity index (χ2v) is 5.36. The Morgan fingerprint density at radius 1 is 1.53 bits per heavy atom. The van der Waals surface area contributed by atoms with E-state index in [2.05, 4.69) is 22.2 Å². The molecule has 0 saturated heterocycles. The molecule has 94 valence electrons. The standard InChI is InChI=1S/C13H21N3O/c1-9-7-14-12(15-10(9)2)16-11-5-4-6-13(11,3)8-17/h7,11,17H,4-6,8H2,1-3H3,(H,14,15,16). The van der Waals surface area contributed by atoms with Gasteiger partial charge in [-0.05, 0) is 32.3 Å². The van der Waals surface area contributed by atoms with Crippen molar-refractivity contribution in [1.29, 1.82) is 0 Å². The topological polar surface area (TPSA) is 58.0 Å². The van der Waals surface area contributed by atoms with Gasteiger partial charge in [0.05, 0.1) is 6.61 Å². The fraction of sp³-hybridized carbons (Fsp3) is 0.692. The summed E-state index contributed by atoms with van der Waals surface area (Å²) >= 11 is 0. The molecule has 0 radical (unpaired) electrons. The molecule has 1 heterocycles. The highest BCUT2D eigenvalue weighted by molar-refractivity contribution is 5.31. The molecule has 2 rings (SSSR count). The van der Waals surface area contributed by atoms with E-state index in [0.29, 0.717) is 5.95 Å². The van der Waals surface area contributed by atoms with Crippen LogP contribution in [0.3, 0.4) is 0 Å². The minimum absolute atomic E-state index is 0.0395. The van der Waals surface area contributed by atoms with Gasteiger partial charge in [-0.15, -0.1) is 0 Å². The van der Waals surface area contributed by atoms with Crippen molar-refractivity contribution in [2.24, 2.45) is 5.41 Å². The van der Waals surface area contributed by atoms with Crippen LogP contribution in [0.15, 0.2) is 6.20 Å². The predicted molar refractivity (Wildman–Crippen MR) is 68.0 cm³/mol. The molecule has 17 heavy (non-hydrogen) atoms. The van der Waals surface area contributed by atoms with Gasteiger partial charge in [-0.1, -0.05) is 13.3 Å². The van der Waals surface area contributed by atoms with Gasteiger partial charge in [0.25, 0.3) is 0 Å². The summed E-state index contributed by atoms with van der Waals surface area (Å²) in [6.07, 6.45) is 5.13. The Balaban J connectivity index is 2.12. The minimum Gasteiger partial charge on any atom is -0.396 e. The predicted octanol–water partition coefficient (Wildman–Crippen LogP) is 2.06. The summed E-state index contributed by atoms with van der Waals surface area (Å²) in [6.45, 7) is 6.34. The van der Waals surface area contributed by atoms with Crippen molar-refractivity contribution in [3.63, 3.8) is 0 Å². The summed E-state index contributed by atoms with van der Waals surface area (Å²) in [7, 11) is 0. The van der Waals surface area contributed by atoms with Gasteiger partial charge in [-0.3, -0.25) is 0 Å². The van der Waals surface area contributed by atoms with E-state index in [-0.39, 0.29) is 18.1 Å². The Labute approximate surface area is 102 Å². The smallest absolute Gasteiger partial charge is 0.223 e. The zero-order chi connectivity index (χ0) is 12.5. The lowest BCUT2D eigenvalue weighted by atomic mass is 9.86. The summed E-state index contributed by atoms with van der Waals surface area (Å²) in [5, 5.41) is 12.9. The lowest BCUT2D eigenvalue weighted by Crippen LogP contribution is -2.37. The number of hydrogen-bond acceptors (Lipinski definition) is 4. The maximum atomic E-state index is 9.49. The van der Waals surface area contributed by atoms with Crippen LogP contribution in [0.4, 0.5) is 5.95 Å². The normalized spacial score (nSPS) is 28.4. The Morgan fingerprint density at radius 3 is 2.94 bits per heavy atom. The van der Waals surface area contributed by atoms with E-state index < -0.39 is 0 Å². The van der Waals surface area contributed by atoms with E-state index in [9.17, 15) is 5.11 Å². The molecule has 0 amide bonds. The third-order valence-corrected chi connectivity index (χ3v) is 3.97. The van der Waals surface area contributed by atoms with Crippen LogP contribution >= 0.6 is 0 Å². The zero-order valence-electron chi connectivity index (χ0n) is 10.8. The van der Waals surface area contributed by atoms with Gasteiger partial charge in [0.2, 0.25) is 5.95 Å². The highest BCUT2D eigenvalue weighted by Crippen LogP contribution is 2.38. The third-order valence-electron chi connectivity index (χ3n) is 3.97. The molecule has 2 unspecified atom stereocenters. The van der Waals surface area contributed by atoms with Crippen LogP contribution < -0.4 is 5.32 Å². The number of aliphatic hydroxyl groups excluding tert-OH is 1. The molecule has 0 spiro atoms. The molecule has 2 atom stereocenters. The quantitative estimate of drug-likeness (QED) is 0.842. The molecular formula is C13H21N3O. The highest BCUT2D eigenvalue weighted by Gasteiger charge is 2.38. The van der Waals surface area contributed by atoms with Crippen molar-refractivity contribution in [2.75, 3.05) is 11.9 Å². The number of aryl methyl sites for hydroxylation is 2. The minimum atomic E-state index is -0.0395. The summed E-state index contributed by atoms with van der Waals surface area (Å²) in [6, 6.07) is 0.273. The monoisotopic (exact) mass is 235 g/mol. The first-order valence-electron chi connectivity index (χ1n) is 6.23. The molecule has 1 aromatic heterocycles. The van der Waals surface area contributed by atoms with Crippen LogP contribution in [0.25, 0.3) is 0 Å². The molecule has 1 fully saturated rings. The second-order valence-electron chi connectivity index (χ2n) is 5.36. The molecule has 4 heteroatoms. The molecule has 0 aromatic carbocycles. The average molecular weight is 235 g/mol. The molecule has 1 aromatic rings. The van der Waals surface area contributed by atoms with Gasteiger partial charge in [-0.2, -0.15) is 0 Å². The van der Waals surface area contributed by atoms with Gasteiger partial charge in [0, 0.05) is 23.3 Å². The molecule has 2 N–H and O–H groups in total. The van der Waals surface area contributed by atoms with Crippen molar-refractivity contribution in [3.8, 4) is 0 Å². The third kappa shape index (κ3) is 2.41. The van der Waals surface area contributed by atoms with E-state index in [0.717, 1.165) is 30.5 Å². The fourth-order valence-corrected chi connectivity index (χ4v) is 2.42. The van der Waals surface area contributed by atoms with Crippen molar-refractivity contribution in [1.82, 2.24) is 9.97 Å². The molecule has 1 aliphatic rings. The first-order chi connectivity index (χ1) is 8.05. The Bertz CT molecular complexity index is 408. The number of aliphatic hydroxyl groups is 1. The van der Waals surface area contributed by atoms with E-state index in [1.54, 1.807) is 0 Å². The number of nitrogens with zero attached hydrogens (tertiary/aromatic N) is 2. The molecular weight excluding hydrogens is 214 g/mol. The maximum absolute atomic E-state index is 9.49. The first kappa shape index (κ1) is 12.3. The van der Waals surface area contributed by atoms with Gasteiger partial charge in [0.15, 0.2) is 0 Å². The van der Waals surface area contributed by atoms with Crippen LogP contribution in [0.5, 0.6) is 0 Å². The Hall–Kier alpha value is -1.16. The van der Waals surface area contributed by atoms with Gasteiger partial charge < -0.3 is 10.4 Å². The van der Waals surface area contributed by atoms with Crippen molar-refractivity contribution < 1.29 is 5.11 Å². The van der Waals surface area contributed by atoms with E-state index in [1.807, 2.05) is 20.0 Å². The summed E-state index contributed by atoms with van der Waals surface area (Å²) in [5.41, 5.74) is 2.07. The second kappa shape index (κ2) is 4.61. The average Bonchev–Trinajstić information content (AvgIpc) is 2.67. The molecule has 1 aliphatic carbocycles. The molecule has 0 bridgehead atoms. The van der Waals surface area contributed by atoms with Crippen molar-refractivity contribution >= 4 is 5.95 Å². The highest BCUT2D eigenvalue weighted by atomic mass is 16.3. The Kier molecular flexibility index (Phi) is 3.33. The fourth-order valence-electron chi connectivity index (χ4n) is 2.42. The molecule has 4 nitrogen and oxygen atoms in total. The van der Waals surface area contributed by atoms with Gasteiger partial charge in [-0.25, -0.2) is 9.97 Å². The van der Waals surface area contributed by atoms with Crippen LogP contribution in [0.2, 0.25) is 0 Å². The van der Waals surface area contributed by atoms with E-state index in [4.69, 9.17) is 0 Å². The van der Waals surface area contributed by atoms with Crippen LogP contribution in [-0.2, 0) is 0 Å². The first-order valence-corrected chi connectivity index (χ1v) is 6.23.